The minimum Gasteiger partial charge on any atom is -0.490 e. The molecule has 0 atom stereocenters. The van der Waals surface area contributed by atoms with Gasteiger partial charge in [-0.05, 0) is 55.4 Å². The largest absolute Gasteiger partial charge is 0.490 e. The van der Waals surface area contributed by atoms with E-state index in [2.05, 4.69) is 10.6 Å². The predicted molar refractivity (Wildman–Crippen MR) is 133 cm³/mol. The standard InChI is InChI=1S/C25H27N3O6S/c1-3-33-19-11-10-18(15-20(19)34-4-2)23(30)27-16-22(29)26-12-13-28-24(31)21(35-25(28)32)14-17-8-6-5-7-9-17/h5-11,14-15H,3-4,12-13,16H2,1-2H3,(H,26,29)(H,27,30)/b21-14-. The maximum atomic E-state index is 12.5. The summed E-state index contributed by atoms with van der Waals surface area (Å²) in [5.41, 5.74) is 1.15. The van der Waals surface area contributed by atoms with Gasteiger partial charge in [-0.1, -0.05) is 30.3 Å². The second-order valence-electron chi connectivity index (χ2n) is 7.30. The topological polar surface area (TPSA) is 114 Å². The van der Waals surface area contributed by atoms with Crippen LogP contribution in [-0.2, 0) is 9.59 Å². The Labute approximate surface area is 207 Å². The van der Waals surface area contributed by atoms with E-state index in [1.165, 1.54) is 0 Å². The van der Waals surface area contributed by atoms with E-state index < -0.39 is 17.7 Å². The summed E-state index contributed by atoms with van der Waals surface area (Å²) in [7, 11) is 0. The van der Waals surface area contributed by atoms with Crippen molar-refractivity contribution in [3.63, 3.8) is 0 Å². The molecule has 2 N–H and O–H groups in total. The van der Waals surface area contributed by atoms with Gasteiger partial charge in [0.1, 0.15) is 0 Å². The fourth-order valence-electron chi connectivity index (χ4n) is 3.22. The molecule has 0 saturated carbocycles. The Morgan fingerprint density at radius 1 is 0.971 bits per heavy atom. The number of rotatable bonds is 11. The Morgan fingerprint density at radius 2 is 1.69 bits per heavy atom. The summed E-state index contributed by atoms with van der Waals surface area (Å²) in [5.74, 6) is -0.297. The zero-order chi connectivity index (χ0) is 25.2. The van der Waals surface area contributed by atoms with Crippen molar-refractivity contribution in [1.29, 1.82) is 0 Å². The van der Waals surface area contributed by atoms with Gasteiger partial charge in [0, 0.05) is 18.7 Å². The highest BCUT2D eigenvalue weighted by Crippen LogP contribution is 2.32. The van der Waals surface area contributed by atoms with Gasteiger partial charge in [0.15, 0.2) is 11.5 Å². The molecule has 9 nitrogen and oxygen atoms in total. The molecule has 2 aromatic rings. The third kappa shape index (κ3) is 7.10. The molecule has 0 bridgehead atoms. The zero-order valence-electron chi connectivity index (χ0n) is 19.5. The van der Waals surface area contributed by atoms with Gasteiger partial charge in [0.25, 0.3) is 17.1 Å². The lowest BCUT2D eigenvalue weighted by Gasteiger charge is -2.14. The van der Waals surface area contributed by atoms with E-state index in [1.54, 1.807) is 24.3 Å². The molecular formula is C25H27N3O6S. The van der Waals surface area contributed by atoms with E-state index in [0.717, 1.165) is 22.2 Å². The van der Waals surface area contributed by atoms with Crippen LogP contribution in [0.3, 0.4) is 0 Å². The van der Waals surface area contributed by atoms with Crippen LogP contribution in [0.4, 0.5) is 4.79 Å². The number of nitrogens with zero attached hydrogens (tertiary/aromatic N) is 1. The molecule has 1 aliphatic rings. The minimum absolute atomic E-state index is 0.0348. The Hall–Kier alpha value is -3.79. The lowest BCUT2D eigenvalue weighted by molar-refractivity contribution is -0.124. The van der Waals surface area contributed by atoms with Crippen molar-refractivity contribution < 1.29 is 28.7 Å². The summed E-state index contributed by atoms with van der Waals surface area (Å²) in [6, 6.07) is 14.0. The van der Waals surface area contributed by atoms with Crippen LogP contribution in [-0.4, -0.2) is 60.7 Å². The smallest absolute Gasteiger partial charge is 0.293 e. The molecule has 1 fully saturated rings. The van der Waals surface area contributed by atoms with Gasteiger partial charge in [-0.2, -0.15) is 0 Å². The van der Waals surface area contributed by atoms with Crippen molar-refractivity contribution in [3.05, 3.63) is 64.6 Å². The average molecular weight is 498 g/mol. The second kappa shape index (κ2) is 12.6. The molecule has 0 aromatic heterocycles. The summed E-state index contributed by atoms with van der Waals surface area (Å²) >= 11 is 0.865. The number of hydrogen-bond donors (Lipinski definition) is 2. The van der Waals surface area contributed by atoms with E-state index in [0.29, 0.717) is 35.2 Å². The van der Waals surface area contributed by atoms with E-state index in [9.17, 15) is 19.2 Å². The van der Waals surface area contributed by atoms with Crippen molar-refractivity contribution in [2.45, 2.75) is 13.8 Å². The summed E-state index contributed by atoms with van der Waals surface area (Å²) in [5, 5.41) is 4.76. The first-order valence-electron chi connectivity index (χ1n) is 11.2. The average Bonchev–Trinajstić information content (AvgIpc) is 3.11. The number of amides is 4. The van der Waals surface area contributed by atoms with E-state index in [4.69, 9.17) is 9.47 Å². The molecule has 4 amide bonds. The third-order valence-electron chi connectivity index (χ3n) is 4.84. The van der Waals surface area contributed by atoms with Gasteiger partial charge >= 0.3 is 0 Å². The first kappa shape index (κ1) is 25.8. The minimum atomic E-state index is -0.443. The molecule has 0 unspecified atom stereocenters. The van der Waals surface area contributed by atoms with E-state index in [1.807, 2.05) is 44.2 Å². The fourth-order valence-corrected chi connectivity index (χ4v) is 4.08. The van der Waals surface area contributed by atoms with Crippen molar-refractivity contribution in [2.24, 2.45) is 0 Å². The normalized spacial score (nSPS) is 14.2. The number of imide groups is 1. The summed E-state index contributed by atoms with van der Waals surface area (Å²) < 4.78 is 11.0. The number of hydrogen-bond acceptors (Lipinski definition) is 7. The van der Waals surface area contributed by atoms with Gasteiger partial charge < -0.3 is 20.1 Å². The van der Waals surface area contributed by atoms with Crippen LogP contribution in [0.5, 0.6) is 11.5 Å². The quantitative estimate of drug-likeness (QED) is 0.459. The van der Waals surface area contributed by atoms with Crippen molar-refractivity contribution in [3.8, 4) is 11.5 Å². The van der Waals surface area contributed by atoms with Gasteiger partial charge in [0.05, 0.1) is 24.7 Å². The van der Waals surface area contributed by atoms with Gasteiger partial charge in [-0.25, -0.2) is 0 Å². The lowest BCUT2D eigenvalue weighted by Crippen LogP contribution is -2.41. The summed E-state index contributed by atoms with van der Waals surface area (Å²) in [4.78, 5) is 50.8. The van der Waals surface area contributed by atoms with Crippen LogP contribution >= 0.6 is 11.8 Å². The molecule has 184 valence electrons. The van der Waals surface area contributed by atoms with Crippen LogP contribution in [0.1, 0.15) is 29.8 Å². The Kier molecular flexibility index (Phi) is 9.31. The molecule has 0 spiro atoms. The maximum absolute atomic E-state index is 12.5. The Bertz CT molecular complexity index is 1120. The van der Waals surface area contributed by atoms with Crippen LogP contribution < -0.4 is 20.1 Å². The van der Waals surface area contributed by atoms with Gasteiger partial charge in [-0.3, -0.25) is 24.1 Å². The van der Waals surface area contributed by atoms with Crippen molar-refractivity contribution in [2.75, 3.05) is 32.8 Å². The Balaban J connectivity index is 1.46. The van der Waals surface area contributed by atoms with Crippen molar-refractivity contribution in [1.82, 2.24) is 15.5 Å². The first-order chi connectivity index (χ1) is 16.9. The zero-order valence-corrected chi connectivity index (χ0v) is 20.4. The third-order valence-corrected chi connectivity index (χ3v) is 5.75. The van der Waals surface area contributed by atoms with Gasteiger partial charge in [-0.15, -0.1) is 0 Å². The fraction of sp³-hybridized carbons (Fsp3) is 0.280. The molecular weight excluding hydrogens is 470 g/mol. The number of thioether (sulfide) groups is 1. The van der Waals surface area contributed by atoms with Crippen LogP contribution in [0, 0.1) is 0 Å². The monoisotopic (exact) mass is 497 g/mol. The number of carbonyl (C=O) groups is 4. The number of carbonyl (C=O) groups excluding carboxylic acids is 4. The molecule has 0 aliphatic carbocycles. The summed E-state index contributed by atoms with van der Waals surface area (Å²) in [6.07, 6.45) is 1.66. The van der Waals surface area contributed by atoms with E-state index >= 15 is 0 Å². The number of benzene rings is 2. The van der Waals surface area contributed by atoms with Crippen molar-refractivity contribution >= 4 is 40.8 Å². The molecule has 1 saturated heterocycles. The number of nitrogens with one attached hydrogen (secondary N) is 2. The molecule has 35 heavy (non-hydrogen) atoms. The molecule has 1 heterocycles. The van der Waals surface area contributed by atoms with E-state index in [-0.39, 0.29) is 24.9 Å². The van der Waals surface area contributed by atoms with Crippen LogP contribution in [0.15, 0.2) is 53.4 Å². The molecule has 2 aromatic carbocycles. The highest BCUT2D eigenvalue weighted by Gasteiger charge is 2.34. The lowest BCUT2D eigenvalue weighted by atomic mass is 10.2. The predicted octanol–water partition coefficient (Wildman–Crippen LogP) is 3.07. The second-order valence-corrected chi connectivity index (χ2v) is 8.30. The summed E-state index contributed by atoms with van der Waals surface area (Å²) in [6.45, 7) is 4.40. The highest BCUT2D eigenvalue weighted by atomic mass is 32.2. The Morgan fingerprint density at radius 3 is 2.40 bits per heavy atom. The molecule has 3 rings (SSSR count). The molecule has 10 heteroatoms. The van der Waals surface area contributed by atoms with Gasteiger partial charge in [0.2, 0.25) is 5.91 Å². The molecule has 1 aliphatic heterocycles. The highest BCUT2D eigenvalue weighted by molar-refractivity contribution is 8.18. The molecule has 0 radical (unpaired) electrons. The van der Waals surface area contributed by atoms with Crippen LogP contribution in [0.25, 0.3) is 6.08 Å². The number of ether oxygens (including phenoxy) is 2. The SMILES string of the molecule is CCOc1ccc(C(=O)NCC(=O)NCCN2C(=O)S/C(=C\c3ccccc3)C2=O)cc1OCC. The van der Waals surface area contributed by atoms with Crippen LogP contribution in [0.2, 0.25) is 0 Å². The first-order valence-corrected chi connectivity index (χ1v) is 12.0. The maximum Gasteiger partial charge on any atom is 0.293 e.